The van der Waals surface area contributed by atoms with Gasteiger partial charge in [-0.3, -0.25) is 28.9 Å². The molecule has 3 aromatic carbocycles. The number of cyclic esters (lactones) is 1. The largest absolute Gasteiger partial charge is 0.465 e. The number of carbonyl (C=O) groups excluding carboxylic acids is 5. The molecule has 1 unspecified atom stereocenters. The molecule has 3 aliphatic rings. The summed E-state index contributed by atoms with van der Waals surface area (Å²) in [6.45, 7) is 5.05. The van der Waals surface area contributed by atoms with Gasteiger partial charge in [-0.1, -0.05) is 37.3 Å². The number of hydrogen-bond donors (Lipinski definition) is 7. The lowest BCUT2D eigenvalue weighted by Gasteiger charge is -2.36. The Bertz CT molecular complexity index is 2890. The molecule has 7 N–H and O–H groups in total. The summed E-state index contributed by atoms with van der Waals surface area (Å²) in [4.78, 5) is 97.4. The number of esters is 1. The minimum atomic E-state index is -1.98. The van der Waals surface area contributed by atoms with Crippen LogP contribution in [0.5, 0.6) is 0 Å². The Hall–Kier alpha value is -7.71. The maximum atomic E-state index is 15.0. The van der Waals surface area contributed by atoms with Crippen LogP contribution in [0.4, 0.5) is 20.6 Å². The van der Waals surface area contributed by atoms with Gasteiger partial charge in [-0.05, 0) is 66.4 Å². The van der Waals surface area contributed by atoms with Gasteiger partial charge in [-0.25, -0.2) is 19.0 Å². The highest BCUT2D eigenvalue weighted by molar-refractivity contribution is 5.97. The van der Waals surface area contributed by atoms with Gasteiger partial charge in [0.15, 0.2) is 5.60 Å². The summed E-state index contributed by atoms with van der Waals surface area (Å²) in [5.74, 6) is -3.78. The molecule has 1 saturated heterocycles. The van der Waals surface area contributed by atoms with Crippen LogP contribution < -0.4 is 37.0 Å². The van der Waals surface area contributed by atoms with Crippen molar-refractivity contribution in [2.75, 3.05) is 56.0 Å². The van der Waals surface area contributed by atoms with Gasteiger partial charge >= 0.3 is 12.1 Å². The number of amides is 5. The lowest BCUT2D eigenvalue weighted by Crippen LogP contribution is -2.52. The summed E-state index contributed by atoms with van der Waals surface area (Å²) in [5.41, 5.74) is 3.85. The second-order valence-corrected chi connectivity index (χ2v) is 17.0. The standard InChI is InChI=1S/C48H50FN9O10/c1-3-48(67)35-19-39-43-33(25-58(39)45(63)34(35)26-68-46(48)64)32(31-17-27(2)36(49)20-37(31)55-43)24-56-13-15-57(16-14-56)30-11-9-29(10-12-30)53-41(60)23-51-44(62)38(18-28-7-5-4-6-8-28)54-42(61)22-50-40(59)21-52-47(65)66/h4-12,17,19-20,38,52,67H,3,13-16,18,21-26H2,1-2H3,(H,50,59)(H,51,62)(H,53,60)(H,54,61)(H,65,66)/t38?,48-/m0/s1. The fourth-order valence-corrected chi connectivity index (χ4v) is 8.81. The van der Waals surface area contributed by atoms with Gasteiger partial charge < -0.3 is 51.0 Å². The van der Waals surface area contributed by atoms with E-state index in [1.54, 1.807) is 73.0 Å². The molecular formula is C48H50FN9O10. The third-order valence-electron chi connectivity index (χ3n) is 12.6. The van der Waals surface area contributed by atoms with Crippen molar-refractivity contribution in [1.82, 2.24) is 35.7 Å². The van der Waals surface area contributed by atoms with E-state index in [1.165, 1.54) is 6.07 Å². The van der Waals surface area contributed by atoms with Crippen molar-refractivity contribution in [2.45, 2.75) is 58.0 Å². The first kappa shape index (κ1) is 46.8. The molecule has 2 atom stereocenters. The quantitative estimate of drug-likeness (QED) is 0.0729. The number of benzene rings is 3. The third-order valence-corrected chi connectivity index (χ3v) is 12.6. The van der Waals surface area contributed by atoms with Crippen LogP contribution in [0.2, 0.25) is 0 Å². The molecule has 5 amide bonds. The Morgan fingerprint density at radius 2 is 1.57 bits per heavy atom. The van der Waals surface area contributed by atoms with E-state index in [0.29, 0.717) is 60.9 Å². The van der Waals surface area contributed by atoms with Gasteiger partial charge in [-0.2, -0.15) is 0 Å². The minimum absolute atomic E-state index is 0.0119. The molecule has 19 nitrogen and oxygen atoms in total. The molecule has 68 heavy (non-hydrogen) atoms. The summed E-state index contributed by atoms with van der Waals surface area (Å²) in [6.07, 6.45) is -1.29. The highest BCUT2D eigenvalue weighted by atomic mass is 19.1. The molecule has 20 heteroatoms. The van der Waals surface area contributed by atoms with Crippen molar-refractivity contribution >= 4 is 58.0 Å². The molecule has 3 aliphatic heterocycles. The zero-order chi connectivity index (χ0) is 48.3. The number of nitrogens with zero attached hydrogens (tertiary/aromatic N) is 4. The second kappa shape index (κ2) is 19.6. The highest BCUT2D eigenvalue weighted by Gasteiger charge is 2.45. The van der Waals surface area contributed by atoms with E-state index in [2.05, 4.69) is 31.1 Å². The first-order valence-electron chi connectivity index (χ1n) is 22.1. The monoisotopic (exact) mass is 931 g/mol. The van der Waals surface area contributed by atoms with Gasteiger partial charge in [0.25, 0.3) is 5.56 Å². The number of nitrogens with one attached hydrogen (secondary N) is 5. The number of aromatic nitrogens is 2. The van der Waals surface area contributed by atoms with E-state index in [9.17, 15) is 38.7 Å². The number of ether oxygens (including phenoxy) is 1. The first-order chi connectivity index (χ1) is 32.6. The summed E-state index contributed by atoms with van der Waals surface area (Å²) >= 11 is 0. The Labute approximate surface area is 388 Å². The number of pyridine rings is 2. The number of aryl methyl sites for hydroxylation is 1. The normalized spacial score (nSPS) is 16.7. The maximum Gasteiger partial charge on any atom is 0.405 e. The van der Waals surface area contributed by atoms with Crippen molar-refractivity contribution in [1.29, 1.82) is 0 Å². The molecule has 5 heterocycles. The average Bonchev–Trinajstić information content (AvgIpc) is 3.70. The van der Waals surface area contributed by atoms with Crippen LogP contribution in [0.3, 0.4) is 0 Å². The Morgan fingerprint density at radius 3 is 2.28 bits per heavy atom. The smallest absolute Gasteiger partial charge is 0.405 e. The van der Waals surface area contributed by atoms with Crippen molar-refractivity contribution in [3.63, 3.8) is 0 Å². The SMILES string of the molecule is CC[C@@]1(O)C(=O)OCc2c1cc1n(c2=O)Cc2c-1nc1cc(F)c(C)cc1c2CN1CCN(c2ccc(NC(=O)CNC(=O)C(Cc3ccccc3)NC(=O)CNC(=O)CNC(=O)O)cc2)CC1. The lowest BCUT2D eigenvalue weighted by atomic mass is 9.86. The molecule has 0 aliphatic carbocycles. The van der Waals surface area contributed by atoms with Gasteiger partial charge in [0.2, 0.25) is 23.6 Å². The van der Waals surface area contributed by atoms with Crippen molar-refractivity contribution in [2.24, 2.45) is 0 Å². The third kappa shape index (κ3) is 9.86. The average molecular weight is 932 g/mol. The van der Waals surface area contributed by atoms with Crippen molar-refractivity contribution in [3.8, 4) is 11.4 Å². The van der Waals surface area contributed by atoms with Crippen LogP contribution in [0.25, 0.3) is 22.3 Å². The number of carbonyl (C=O) groups is 6. The van der Waals surface area contributed by atoms with E-state index in [1.807, 2.05) is 17.4 Å². The van der Waals surface area contributed by atoms with Crippen LogP contribution in [0, 0.1) is 12.7 Å². The predicted octanol–water partition coefficient (Wildman–Crippen LogP) is 2.02. The van der Waals surface area contributed by atoms with Gasteiger partial charge in [0.05, 0.1) is 48.6 Å². The van der Waals surface area contributed by atoms with Gasteiger partial charge in [-0.15, -0.1) is 0 Å². The fourth-order valence-electron chi connectivity index (χ4n) is 8.81. The molecule has 0 saturated carbocycles. The lowest BCUT2D eigenvalue weighted by molar-refractivity contribution is -0.172. The number of aliphatic hydroxyl groups is 1. The fraction of sp³-hybridized carbons (Fsp3) is 0.333. The Morgan fingerprint density at radius 1 is 0.868 bits per heavy atom. The molecular weight excluding hydrogens is 882 g/mol. The minimum Gasteiger partial charge on any atom is -0.465 e. The number of carboxylic acid groups (broad SMARTS) is 1. The number of hydrogen-bond acceptors (Lipinski definition) is 12. The van der Waals surface area contributed by atoms with E-state index in [-0.39, 0.29) is 42.7 Å². The van der Waals surface area contributed by atoms with Crippen LogP contribution in [-0.2, 0) is 60.4 Å². The van der Waals surface area contributed by atoms with Crippen LogP contribution >= 0.6 is 0 Å². The molecule has 0 radical (unpaired) electrons. The van der Waals surface area contributed by atoms with E-state index in [0.717, 1.165) is 27.8 Å². The van der Waals surface area contributed by atoms with Gasteiger partial charge in [0.1, 0.15) is 18.5 Å². The number of rotatable bonds is 15. The molecule has 2 aromatic heterocycles. The molecule has 0 spiro atoms. The van der Waals surface area contributed by atoms with Crippen LogP contribution in [0.15, 0.2) is 77.6 Å². The number of halogens is 1. The van der Waals surface area contributed by atoms with E-state index >= 15 is 4.39 Å². The Balaban J connectivity index is 0.886. The van der Waals surface area contributed by atoms with Gasteiger partial charge in [0, 0.05) is 73.1 Å². The number of piperazine rings is 1. The molecule has 1 fully saturated rings. The topological polar surface area (TPSA) is 254 Å². The predicted molar refractivity (Wildman–Crippen MR) is 246 cm³/mol. The highest BCUT2D eigenvalue weighted by Crippen LogP contribution is 2.41. The molecule has 8 rings (SSSR count). The zero-order valence-electron chi connectivity index (χ0n) is 37.3. The Kier molecular flexibility index (Phi) is 13.5. The number of fused-ring (bicyclic) bond motifs is 5. The van der Waals surface area contributed by atoms with Crippen molar-refractivity contribution in [3.05, 3.63) is 122 Å². The molecule has 0 bridgehead atoms. The number of anilines is 2. The van der Waals surface area contributed by atoms with E-state index in [4.69, 9.17) is 14.8 Å². The zero-order valence-corrected chi connectivity index (χ0v) is 37.3. The summed E-state index contributed by atoms with van der Waals surface area (Å²) in [6, 6.07) is 19.9. The van der Waals surface area contributed by atoms with Crippen molar-refractivity contribution < 1.29 is 48.1 Å². The van der Waals surface area contributed by atoms with E-state index < -0.39 is 72.8 Å². The molecule has 354 valence electrons. The van der Waals surface area contributed by atoms with Crippen LogP contribution in [0.1, 0.15) is 46.7 Å². The maximum absolute atomic E-state index is 15.0. The summed E-state index contributed by atoms with van der Waals surface area (Å²) < 4.78 is 21.9. The second-order valence-electron chi connectivity index (χ2n) is 17.0. The summed E-state index contributed by atoms with van der Waals surface area (Å²) in [7, 11) is 0. The first-order valence-corrected chi connectivity index (χ1v) is 22.1. The van der Waals surface area contributed by atoms with Crippen LogP contribution in [-0.4, -0.2) is 112 Å². The molecule has 5 aromatic rings. The summed E-state index contributed by atoms with van der Waals surface area (Å²) in [5, 5.41) is 32.9.